The van der Waals surface area contributed by atoms with Crippen molar-refractivity contribution in [2.75, 3.05) is 0 Å². The number of hydrogen-bond acceptors (Lipinski definition) is 2. The van der Waals surface area contributed by atoms with Crippen LogP contribution in [0.15, 0.2) is 36.7 Å². The van der Waals surface area contributed by atoms with Crippen LogP contribution in [0.2, 0.25) is 0 Å². The third-order valence-corrected chi connectivity index (χ3v) is 4.73. The molecule has 4 heteroatoms. The molecule has 0 radical (unpaired) electrons. The minimum absolute atomic E-state index is 0.0328. The van der Waals surface area contributed by atoms with Gasteiger partial charge in [0.25, 0.3) is 0 Å². The second-order valence-electron chi connectivity index (χ2n) is 6.03. The topological polar surface area (TPSA) is 46.9 Å². The first-order valence-corrected chi connectivity index (χ1v) is 7.69. The van der Waals surface area contributed by atoms with Gasteiger partial charge in [-0.25, -0.2) is 4.98 Å². The van der Waals surface area contributed by atoms with Crippen molar-refractivity contribution in [2.24, 2.45) is 0 Å². The van der Waals surface area contributed by atoms with Gasteiger partial charge in [-0.1, -0.05) is 24.3 Å². The van der Waals surface area contributed by atoms with Crippen molar-refractivity contribution in [3.05, 3.63) is 53.6 Å². The number of benzene rings is 1. The van der Waals surface area contributed by atoms with Crippen LogP contribution < -0.4 is 5.32 Å². The van der Waals surface area contributed by atoms with Gasteiger partial charge in [0.05, 0.1) is 5.92 Å². The van der Waals surface area contributed by atoms with Gasteiger partial charge >= 0.3 is 0 Å². The Morgan fingerprint density at radius 3 is 3.10 bits per heavy atom. The summed E-state index contributed by atoms with van der Waals surface area (Å²) in [4.78, 5) is 16.9. The smallest absolute Gasteiger partial charge is 0.227 e. The molecule has 4 rings (SSSR count). The Hall–Kier alpha value is -2.10. The molecule has 0 saturated carbocycles. The van der Waals surface area contributed by atoms with E-state index in [-0.39, 0.29) is 17.9 Å². The van der Waals surface area contributed by atoms with Crippen molar-refractivity contribution in [2.45, 2.75) is 44.2 Å². The van der Waals surface area contributed by atoms with Gasteiger partial charge in [0.1, 0.15) is 5.82 Å². The van der Waals surface area contributed by atoms with Crippen molar-refractivity contribution in [3.63, 3.8) is 0 Å². The lowest BCUT2D eigenvalue weighted by Gasteiger charge is -2.26. The zero-order valence-corrected chi connectivity index (χ0v) is 12.0. The van der Waals surface area contributed by atoms with E-state index < -0.39 is 0 Å². The van der Waals surface area contributed by atoms with Crippen LogP contribution in [0, 0.1) is 0 Å². The number of carbonyl (C=O) groups is 1. The second kappa shape index (κ2) is 5.02. The summed E-state index contributed by atoms with van der Waals surface area (Å²) in [7, 11) is 0. The normalized spacial score (nSPS) is 23.4. The molecule has 1 aliphatic carbocycles. The van der Waals surface area contributed by atoms with Crippen LogP contribution in [0.5, 0.6) is 0 Å². The lowest BCUT2D eigenvalue weighted by atomic mass is 9.99. The molecule has 4 nitrogen and oxygen atoms in total. The zero-order valence-electron chi connectivity index (χ0n) is 12.0. The first-order valence-electron chi connectivity index (χ1n) is 7.69. The van der Waals surface area contributed by atoms with Crippen molar-refractivity contribution in [1.82, 2.24) is 14.9 Å². The first-order chi connectivity index (χ1) is 10.3. The van der Waals surface area contributed by atoms with E-state index in [1.54, 1.807) is 0 Å². The number of fused-ring (bicyclic) bond motifs is 2. The third-order valence-electron chi connectivity index (χ3n) is 4.73. The molecular weight excluding hydrogens is 262 g/mol. The summed E-state index contributed by atoms with van der Waals surface area (Å²) in [5, 5.41) is 3.24. The lowest BCUT2D eigenvalue weighted by Crippen LogP contribution is -2.42. The molecule has 21 heavy (non-hydrogen) atoms. The van der Waals surface area contributed by atoms with Gasteiger partial charge in [0.2, 0.25) is 5.91 Å². The Morgan fingerprint density at radius 1 is 1.24 bits per heavy atom. The second-order valence-corrected chi connectivity index (χ2v) is 6.03. The molecule has 1 N–H and O–H groups in total. The molecule has 1 aromatic heterocycles. The molecule has 2 atom stereocenters. The van der Waals surface area contributed by atoms with E-state index in [4.69, 9.17) is 0 Å². The van der Waals surface area contributed by atoms with Crippen LogP contribution in [0.3, 0.4) is 0 Å². The Labute approximate surface area is 124 Å². The predicted molar refractivity (Wildman–Crippen MR) is 80.0 cm³/mol. The van der Waals surface area contributed by atoms with Gasteiger partial charge in [0.15, 0.2) is 0 Å². The van der Waals surface area contributed by atoms with Gasteiger partial charge in [-0.15, -0.1) is 0 Å². The number of imidazole rings is 1. The number of nitrogens with one attached hydrogen (secondary N) is 1. The van der Waals surface area contributed by atoms with Crippen LogP contribution in [0.4, 0.5) is 0 Å². The Balaban J connectivity index is 1.46. The number of rotatable bonds is 2. The summed E-state index contributed by atoms with van der Waals surface area (Å²) in [6, 6.07) is 8.55. The summed E-state index contributed by atoms with van der Waals surface area (Å²) in [6.45, 7) is 0.843. The number of hydrogen-bond donors (Lipinski definition) is 1. The standard InChI is InChI=1S/C17H19N3O/c21-17(15-7-5-12-3-1-2-4-14(12)15)19-13-6-8-16-18-9-10-20(16)11-13/h1-4,9-10,13,15H,5-8,11H2,(H,19,21)/t13-,15+/m1/s1. The average molecular weight is 281 g/mol. The molecular formula is C17H19N3O. The molecule has 0 fully saturated rings. The zero-order chi connectivity index (χ0) is 14.2. The fraction of sp³-hybridized carbons (Fsp3) is 0.412. The van der Waals surface area contributed by atoms with Crippen LogP contribution in [0.1, 0.15) is 35.7 Å². The van der Waals surface area contributed by atoms with E-state index >= 15 is 0 Å². The minimum atomic E-state index is 0.0328. The molecule has 0 bridgehead atoms. The van der Waals surface area contributed by atoms with E-state index in [0.29, 0.717) is 0 Å². The average Bonchev–Trinajstić information content (AvgIpc) is 3.13. The van der Waals surface area contributed by atoms with Crippen LogP contribution in [-0.4, -0.2) is 21.5 Å². The van der Waals surface area contributed by atoms with Gasteiger partial charge in [0, 0.05) is 31.4 Å². The van der Waals surface area contributed by atoms with Crippen LogP contribution >= 0.6 is 0 Å². The summed E-state index contributed by atoms with van der Waals surface area (Å²) < 4.78 is 2.15. The van der Waals surface area contributed by atoms with E-state index in [9.17, 15) is 4.79 Å². The van der Waals surface area contributed by atoms with Crippen molar-refractivity contribution >= 4 is 5.91 Å². The van der Waals surface area contributed by atoms with Crippen LogP contribution in [0.25, 0.3) is 0 Å². The highest BCUT2D eigenvalue weighted by Crippen LogP contribution is 2.33. The number of aryl methyl sites for hydroxylation is 2. The van der Waals surface area contributed by atoms with Crippen LogP contribution in [-0.2, 0) is 24.2 Å². The fourth-order valence-electron chi connectivity index (χ4n) is 3.62. The van der Waals surface area contributed by atoms with E-state index in [1.807, 2.05) is 18.5 Å². The Morgan fingerprint density at radius 2 is 2.14 bits per heavy atom. The van der Waals surface area contributed by atoms with Gasteiger partial charge in [-0.2, -0.15) is 0 Å². The maximum atomic E-state index is 12.6. The molecule has 0 unspecified atom stereocenters. The van der Waals surface area contributed by atoms with E-state index in [2.05, 4.69) is 33.1 Å². The lowest BCUT2D eigenvalue weighted by molar-refractivity contribution is -0.123. The third kappa shape index (κ3) is 2.24. The van der Waals surface area contributed by atoms with Gasteiger partial charge < -0.3 is 9.88 Å². The Kier molecular flexibility index (Phi) is 3.02. The predicted octanol–water partition coefficient (Wildman–Crippen LogP) is 2.04. The molecule has 0 spiro atoms. The van der Waals surface area contributed by atoms with E-state index in [0.717, 1.165) is 38.1 Å². The number of amides is 1. The molecule has 1 aromatic carbocycles. The SMILES string of the molecule is O=C(N[C@@H]1CCc2nccn2C1)[C@H]1CCc2ccccc21. The number of aromatic nitrogens is 2. The first kappa shape index (κ1) is 12.6. The summed E-state index contributed by atoms with van der Waals surface area (Å²) in [5.41, 5.74) is 2.55. The largest absolute Gasteiger partial charge is 0.351 e. The maximum Gasteiger partial charge on any atom is 0.227 e. The van der Waals surface area contributed by atoms with E-state index in [1.165, 1.54) is 11.1 Å². The highest BCUT2D eigenvalue weighted by molar-refractivity contribution is 5.85. The molecule has 108 valence electrons. The van der Waals surface area contributed by atoms with Gasteiger partial charge in [-0.3, -0.25) is 4.79 Å². The highest BCUT2D eigenvalue weighted by Gasteiger charge is 2.30. The molecule has 1 aliphatic heterocycles. The Bertz CT molecular complexity index is 676. The number of carbonyl (C=O) groups excluding carboxylic acids is 1. The number of nitrogens with zero attached hydrogens (tertiary/aromatic N) is 2. The fourth-order valence-corrected chi connectivity index (χ4v) is 3.62. The minimum Gasteiger partial charge on any atom is -0.351 e. The molecule has 2 heterocycles. The molecule has 2 aromatic rings. The van der Waals surface area contributed by atoms with Crippen molar-refractivity contribution in [1.29, 1.82) is 0 Å². The summed E-state index contributed by atoms with van der Waals surface area (Å²) in [6.07, 6.45) is 7.72. The maximum absolute atomic E-state index is 12.6. The summed E-state index contributed by atoms with van der Waals surface area (Å²) >= 11 is 0. The molecule has 0 saturated heterocycles. The monoisotopic (exact) mass is 281 g/mol. The van der Waals surface area contributed by atoms with Gasteiger partial charge in [-0.05, 0) is 30.4 Å². The summed E-state index contributed by atoms with van der Waals surface area (Å²) in [5.74, 6) is 1.35. The van der Waals surface area contributed by atoms with Crippen molar-refractivity contribution in [3.8, 4) is 0 Å². The van der Waals surface area contributed by atoms with Crippen molar-refractivity contribution < 1.29 is 4.79 Å². The highest BCUT2D eigenvalue weighted by atomic mass is 16.2. The quantitative estimate of drug-likeness (QED) is 0.915. The molecule has 1 amide bonds. The molecule has 2 aliphatic rings.